The van der Waals surface area contributed by atoms with Crippen molar-refractivity contribution in [2.75, 3.05) is 5.32 Å². The lowest BCUT2D eigenvalue weighted by Gasteiger charge is -2.34. The van der Waals surface area contributed by atoms with Crippen LogP contribution in [0.15, 0.2) is 66.7 Å². The fraction of sp³-hybridized carbons (Fsp3) is 0.240. The molecule has 1 heterocycles. The van der Waals surface area contributed by atoms with Crippen LogP contribution in [0.2, 0.25) is 0 Å². The van der Waals surface area contributed by atoms with Crippen molar-refractivity contribution in [3.8, 4) is 6.07 Å². The molecule has 0 aliphatic carbocycles. The van der Waals surface area contributed by atoms with Gasteiger partial charge in [-0.2, -0.15) is 5.26 Å². The molecule has 0 aliphatic heterocycles. The molecule has 0 amide bonds. The molecule has 158 valence electrons. The minimum atomic E-state index is -0.936. The molecule has 0 fully saturated rings. The van der Waals surface area contributed by atoms with Crippen molar-refractivity contribution in [2.45, 2.75) is 26.7 Å². The Bertz CT molecular complexity index is 1100. The smallest absolute Gasteiger partial charge is 0.308 e. The first-order valence-electron chi connectivity index (χ1n) is 9.91. The Balaban J connectivity index is 2.04. The van der Waals surface area contributed by atoms with E-state index in [-0.39, 0.29) is 5.82 Å². The minimum absolute atomic E-state index is 0.380. The SMILES string of the molecule is CC(C)(C)C(C(=O)O)C(c1ccc(F)cc1)c1cccc(Nc2ccc(C#N)cc2)n1. The van der Waals surface area contributed by atoms with E-state index in [0.29, 0.717) is 22.6 Å². The number of benzene rings is 2. The fourth-order valence-electron chi connectivity index (χ4n) is 3.69. The van der Waals surface area contributed by atoms with E-state index in [1.165, 1.54) is 12.1 Å². The summed E-state index contributed by atoms with van der Waals surface area (Å²) >= 11 is 0. The highest BCUT2D eigenvalue weighted by atomic mass is 19.1. The third kappa shape index (κ3) is 5.26. The summed E-state index contributed by atoms with van der Waals surface area (Å²) in [6.07, 6.45) is 0. The molecule has 3 rings (SSSR count). The third-order valence-electron chi connectivity index (χ3n) is 5.14. The van der Waals surface area contributed by atoms with Crippen molar-refractivity contribution in [1.29, 1.82) is 5.26 Å². The Labute approximate surface area is 181 Å². The molecule has 0 aliphatic rings. The highest BCUT2D eigenvalue weighted by Gasteiger charge is 2.40. The Morgan fingerprint density at radius 3 is 2.26 bits per heavy atom. The molecule has 2 aromatic carbocycles. The van der Waals surface area contributed by atoms with E-state index < -0.39 is 23.2 Å². The van der Waals surface area contributed by atoms with Crippen LogP contribution in [-0.2, 0) is 4.79 Å². The highest BCUT2D eigenvalue weighted by Crippen LogP contribution is 2.42. The van der Waals surface area contributed by atoms with Gasteiger partial charge >= 0.3 is 5.97 Å². The first kappa shape index (κ1) is 22.0. The Morgan fingerprint density at radius 1 is 1.06 bits per heavy atom. The van der Waals surface area contributed by atoms with E-state index in [4.69, 9.17) is 10.2 Å². The molecular weight excluding hydrogens is 393 g/mol. The number of anilines is 2. The summed E-state index contributed by atoms with van der Waals surface area (Å²) in [7, 11) is 0. The molecule has 2 atom stereocenters. The summed E-state index contributed by atoms with van der Waals surface area (Å²) < 4.78 is 13.5. The van der Waals surface area contributed by atoms with Gasteiger partial charge in [0.25, 0.3) is 0 Å². The number of aliphatic carboxylic acids is 1. The van der Waals surface area contributed by atoms with E-state index in [2.05, 4.69) is 11.4 Å². The molecule has 2 N–H and O–H groups in total. The second-order valence-electron chi connectivity index (χ2n) is 8.47. The van der Waals surface area contributed by atoms with Gasteiger partial charge in [-0.1, -0.05) is 39.0 Å². The lowest BCUT2D eigenvalue weighted by atomic mass is 9.69. The second-order valence-corrected chi connectivity index (χ2v) is 8.47. The standard InChI is InChI=1S/C25H24FN3O2/c1-25(2,3)23(24(30)31)22(17-9-11-18(26)12-10-17)20-5-4-6-21(29-20)28-19-13-7-16(15-27)8-14-19/h4-14,22-23H,1-3H3,(H,28,29)(H,30,31). The topological polar surface area (TPSA) is 86.0 Å². The van der Waals surface area contributed by atoms with Gasteiger partial charge in [-0.15, -0.1) is 0 Å². The zero-order valence-corrected chi connectivity index (χ0v) is 17.6. The number of hydrogen-bond acceptors (Lipinski definition) is 4. The number of carbonyl (C=O) groups is 1. The van der Waals surface area contributed by atoms with Crippen LogP contribution in [-0.4, -0.2) is 16.1 Å². The number of carboxylic acids is 1. The minimum Gasteiger partial charge on any atom is -0.481 e. The van der Waals surface area contributed by atoms with E-state index in [9.17, 15) is 14.3 Å². The average molecular weight is 417 g/mol. The highest BCUT2D eigenvalue weighted by molar-refractivity contribution is 5.73. The first-order valence-corrected chi connectivity index (χ1v) is 9.91. The molecular formula is C25H24FN3O2. The molecule has 0 radical (unpaired) electrons. The molecule has 1 aromatic heterocycles. The lowest BCUT2D eigenvalue weighted by molar-refractivity contribution is -0.146. The number of halogens is 1. The molecule has 3 aromatic rings. The van der Waals surface area contributed by atoms with Crippen LogP contribution in [0.3, 0.4) is 0 Å². The van der Waals surface area contributed by atoms with Crippen molar-refractivity contribution in [3.05, 3.63) is 89.4 Å². The third-order valence-corrected chi connectivity index (χ3v) is 5.14. The van der Waals surface area contributed by atoms with E-state index in [1.54, 1.807) is 48.5 Å². The molecule has 0 saturated carbocycles. The average Bonchev–Trinajstić information content (AvgIpc) is 2.72. The maximum absolute atomic E-state index is 13.5. The van der Waals surface area contributed by atoms with Crippen LogP contribution < -0.4 is 5.32 Å². The van der Waals surface area contributed by atoms with Crippen LogP contribution in [0.25, 0.3) is 0 Å². The van der Waals surface area contributed by atoms with Crippen molar-refractivity contribution in [1.82, 2.24) is 4.98 Å². The molecule has 0 bridgehead atoms. The van der Waals surface area contributed by atoms with Crippen molar-refractivity contribution >= 4 is 17.5 Å². The quantitative estimate of drug-likeness (QED) is 0.536. The number of carboxylic acid groups (broad SMARTS) is 1. The van der Waals surface area contributed by atoms with Gasteiger partial charge in [-0.25, -0.2) is 9.37 Å². The van der Waals surface area contributed by atoms with Crippen LogP contribution in [0.5, 0.6) is 0 Å². The number of rotatable bonds is 6. The predicted octanol–water partition coefficient (Wildman–Crippen LogP) is 5.71. The van der Waals surface area contributed by atoms with E-state index in [0.717, 1.165) is 5.69 Å². The predicted molar refractivity (Wildman–Crippen MR) is 118 cm³/mol. The van der Waals surface area contributed by atoms with Gasteiger partial charge in [-0.05, 0) is 59.5 Å². The zero-order valence-electron chi connectivity index (χ0n) is 17.6. The zero-order chi connectivity index (χ0) is 22.6. The van der Waals surface area contributed by atoms with Crippen molar-refractivity contribution < 1.29 is 14.3 Å². The van der Waals surface area contributed by atoms with Gasteiger partial charge in [0.2, 0.25) is 0 Å². The molecule has 0 spiro atoms. The number of nitrogens with zero attached hydrogens (tertiary/aromatic N) is 2. The number of nitriles is 1. The van der Waals surface area contributed by atoms with Crippen LogP contribution >= 0.6 is 0 Å². The number of aromatic nitrogens is 1. The number of hydrogen-bond donors (Lipinski definition) is 2. The summed E-state index contributed by atoms with van der Waals surface area (Å²) in [5.74, 6) is -2.12. The second kappa shape index (κ2) is 8.97. The van der Waals surface area contributed by atoms with Gasteiger partial charge in [0, 0.05) is 11.6 Å². The first-order chi connectivity index (χ1) is 14.7. The normalized spacial score (nSPS) is 13.1. The van der Waals surface area contributed by atoms with Gasteiger partial charge in [-0.3, -0.25) is 4.79 Å². The fourth-order valence-corrected chi connectivity index (χ4v) is 3.69. The van der Waals surface area contributed by atoms with Gasteiger partial charge in [0.05, 0.1) is 23.2 Å². The molecule has 31 heavy (non-hydrogen) atoms. The Hall–Kier alpha value is -3.72. The number of pyridine rings is 1. The van der Waals surface area contributed by atoms with E-state index in [1.807, 2.05) is 26.8 Å². The van der Waals surface area contributed by atoms with E-state index >= 15 is 0 Å². The summed E-state index contributed by atoms with van der Waals surface area (Å²) in [4.78, 5) is 17.0. The maximum atomic E-state index is 13.5. The Kier molecular flexibility index (Phi) is 6.36. The van der Waals surface area contributed by atoms with Crippen LogP contribution in [0.4, 0.5) is 15.9 Å². The van der Waals surface area contributed by atoms with Crippen LogP contribution in [0, 0.1) is 28.5 Å². The monoisotopic (exact) mass is 417 g/mol. The van der Waals surface area contributed by atoms with Gasteiger partial charge in [0.15, 0.2) is 0 Å². The summed E-state index contributed by atoms with van der Waals surface area (Å²) in [5, 5.41) is 22.2. The van der Waals surface area contributed by atoms with Gasteiger partial charge < -0.3 is 10.4 Å². The Morgan fingerprint density at radius 2 is 1.71 bits per heavy atom. The van der Waals surface area contributed by atoms with Crippen molar-refractivity contribution in [2.24, 2.45) is 11.3 Å². The summed E-state index contributed by atoms with van der Waals surface area (Å²) in [6, 6.07) is 20.3. The summed E-state index contributed by atoms with van der Waals surface area (Å²) in [6.45, 7) is 5.63. The number of nitrogens with one attached hydrogen (secondary N) is 1. The molecule has 5 nitrogen and oxygen atoms in total. The van der Waals surface area contributed by atoms with Crippen LogP contribution in [0.1, 0.15) is 43.5 Å². The largest absolute Gasteiger partial charge is 0.481 e. The van der Waals surface area contributed by atoms with Crippen molar-refractivity contribution in [3.63, 3.8) is 0 Å². The summed E-state index contributed by atoms with van der Waals surface area (Å²) in [5.41, 5.74) is 2.01. The molecule has 6 heteroatoms. The lowest BCUT2D eigenvalue weighted by Crippen LogP contribution is -2.35. The van der Waals surface area contributed by atoms with Gasteiger partial charge in [0.1, 0.15) is 11.6 Å². The maximum Gasteiger partial charge on any atom is 0.308 e. The molecule has 0 saturated heterocycles. The molecule has 2 unspecified atom stereocenters.